The minimum Gasteiger partial charge on any atom is -0.355 e. The van der Waals surface area contributed by atoms with E-state index < -0.39 is 0 Å². The van der Waals surface area contributed by atoms with Gasteiger partial charge in [0.1, 0.15) is 0 Å². The van der Waals surface area contributed by atoms with E-state index >= 15 is 0 Å². The molecule has 2 rings (SSSR count). The molecule has 14 heavy (non-hydrogen) atoms. The summed E-state index contributed by atoms with van der Waals surface area (Å²) in [5, 5.41) is 6.21. The predicted octanol–water partition coefficient (Wildman–Crippen LogP) is 0.902. The van der Waals surface area contributed by atoms with Crippen LogP contribution < -0.4 is 10.6 Å². The Morgan fingerprint density at radius 1 is 1.43 bits per heavy atom. The number of carbonyl (C=O) groups excluding carboxylic acids is 1. The van der Waals surface area contributed by atoms with E-state index in [-0.39, 0.29) is 11.8 Å². The molecule has 2 aliphatic rings. The van der Waals surface area contributed by atoms with E-state index in [1.165, 1.54) is 25.7 Å². The maximum Gasteiger partial charge on any atom is 0.225 e. The van der Waals surface area contributed by atoms with Gasteiger partial charge in [0, 0.05) is 19.6 Å². The molecule has 0 spiro atoms. The fourth-order valence-electron chi connectivity index (χ4n) is 2.32. The summed E-state index contributed by atoms with van der Waals surface area (Å²) in [6.45, 7) is 4.90. The van der Waals surface area contributed by atoms with Gasteiger partial charge in [-0.1, -0.05) is 19.8 Å². The second kappa shape index (κ2) is 3.89. The molecule has 1 aliphatic heterocycles. The highest BCUT2D eigenvalue weighted by Gasteiger charge is 2.31. The van der Waals surface area contributed by atoms with Crippen LogP contribution >= 0.6 is 0 Å². The van der Waals surface area contributed by atoms with Gasteiger partial charge in [-0.25, -0.2) is 0 Å². The van der Waals surface area contributed by atoms with Crippen molar-refractivity contribution in [1.82, 2.24) is 10.6 Å². The lowest BCUT2D eigenvalue weighted by molar-refractivity contribution is -0.126. The minimum atomic E-state index is 0.236. The Balaban J connectivity index is 1.72. The highest BCUT2D eigenvalue weighted by molar-refractivity contribution is 5.80. The first-order valence-electron chi connectivity index (χ1n) is 5.68. The van der Waals surface area contributed by atoms with Gasteiger partial charge in [-0.2, -0.15) is 0 Å². The average molecular weight is 196 g/mol. The van der Waals surface area contributed by atoms with Crippen LogP contribution in [0.1, 0.15) is 32.6 Å². The van der Waals surface area contributed by atoms with Crippen molar-refractivity contribution in [2.75, 3.05) is 19.6 Å². The predicted molar refractivity (Wildman–Crippen MR) is 55.9 cm³/mol. The number of hydrogen-bond acceptors (Lipinski definition) is 2. The standard InChI is InChI=1S/C11H20N2O/c1-11(4-2-3-5-11)8-13-10(14)9-6-12-7-9/h9,12H,2-8H2,1H3,(H,13,14). The quantitative estimate of drug-likeness (QED) is 0.704. The van der Waals surface area contributed by atoms with Crippen molar-refractivity contribution in [3.05, 3.63) is 0 Å². The molecule has 1 saturated carbocycles. The molecule has 0 aromatic carbocycles. The number of carbonyl (C=O) groups is 1. The van der Waals surface area contributed by atoms with E-state index in [1.54, 1.807) is 0 Å². The van der Waals surface area contributed by atoms with Gasteiger partial charge < -0.3 is 10.6 Å². The smallest absolute Gasteiger partial charge is 0.225 e. The fourth-order valence-corrected chi connectivity index (χ4v) is 2.32. The highest BCUT2D eigenvalue weighted by Crippen LogP contribution is 2.36. The topological polar surface area (TPSA) is 41.1 Å². The molecule has 0 radical (unpaired) electrons. The molecule has 1 saturated heterocycles. The van der Waals surface area contributed by atoms with Crippen molar-refractivity contribution in [1.29, 1.82) is 0 Å². The summed E-state index contributed by atoms with van der Waals surface area (Å²) in [6.07, 6.45) is 5.21. The lowest BCUT2D eigenvalue weighted by Gasteiger charge is -2.29. The van der Waals surface area contributed by atoms with E-state index in [1.807, 2.05) is 0 Å². The van der Waals surface area contributed by atoms with Crippen LogP contribution in [0.2, 0.25) is 0 Å². The molecule has 1 heterocycles. The van der Waals surface area contributed by atoms with Gasteiger partial charge in [0.05, 0.1) is 5.92 Å². The van der Waals surface area contributed by atoms with Crippen LogP contribution in [0.25, 0.3) is 0 Å². The van der Waals surface area contributed by atoms with Crippen molar-refractivity contribution >= 4 is 5.91 Å². The molecule has 0 unspecified atom stereocenters. The van der Waals surface area contributed by atoms with E-state index in [2.05, 4.69) is 17.6 Å². The lowest BCUT2D eigenvalue weighted by atomic mass is 9.88. The molecular formula is C11H20N2O. The average Bonchev–Trinajstić information content (AvgIpc) is 2.47. The van der Waals surface area contributed by atoms with Crippen molar-refractivity contribution in [3.8, 4) is 0 Å². The normalized spacial score (nSPS) is 25.8. The van der Waals surface area contributed by atoms with Gasteiger partial charge in [-0.15, -0.1) is 0 Å². The Morgan fingerprint density at radius 2 is 2.07 bits per heavy atom. The summed E-state index contributed by atoms with van der Waals surface area (Å²) in [4.78, 5) is 11.6. The van der Waals surface area contributed by atoms with E-state index in [4.69, 9.17) is 0 Å². The molecule has 0 aromatic rings. The first kappa shape index (κ1) is 9.97. The van der Waals surface area contributed by atoms with Crippen LogP contribution in [0.15, 0.2) is 0 Å². The maximum atomic E-state index is 11.6. The molecule has 0 aromatic heterocycles. The van der Waals surface area contributed by atoms with E-state index in [0.29, 0.717) is 5.41 Å². The zero-order valence-corrected chi connectivity index (χ0v) is 8.94. The third kappa shape index (κ3) is 2.08. The van der Waals surface area contributed by atoms with Crippen LogP contribution in [0.4, 0.5) is 0 Å². The number of hydrogen-bond donors (Lipinski definition) is 2. The van der Waals surface area contributed by atoms with Gasteiger partial charge in [0.2, 0.25) is 5.91 Å². The summed E-state index contributed by atoms with van der Waals surface area (Å²) in [6, 6.07) is 0. The van der Waals surface area contributed by atoms with E-state index in [9.17, 15) is 4.79 Å². The molecule has 0 bridgehead atoms. The third-order valence-electron chi connectivity index (χ3n) is 3.65. The molecule has 2 fully saturated rings. The van der Waals surface area contributed by atoms with Gasteiger partial charge in [-0.3, -0.25) is 4.79 Å². The maximum absolute atomic E-state index is 11.6. The van der Waals surface area contributed by atoms with Crippen LogP contribution in [0.3, 0.4) is 0 Å². The van der Waals surface area contributed by atoms with Crippen LogP contribution in [0, 0.1) is 11.3 Å². The number of amides is 1. The van der Waals surface area contributed by atoms with Gasteiger partial charge in [0.15, 0.2) is 0 Å². The molecule has 1 aliphatic carbocycles. The second-order valence-corrected chi connectivity index (χ2v) is 5.09. The Kier molecular flexibility index (Phi) is 2.77. The second-order valence-electron chi connectivity index (χ2n) is 5.09. The summed E-state index contributed by atoms with van der Waals surface area (Å²) in [7, 11) is 0. The summed E-state index contributed by atoms with van der Waals surface area (Å²) < 4.78 is 0. The van der Waals surface area contributed by atoms with Crippen LogP contribution in [-0.4, -0.2) is 25.5 Å². The zero-order valence-electron chi connectivity index (χ0n) is 8.94. The molecule has 80 valence electrons. The number of rotatable bonds is 3. The zero-order chi connectivity index (χ0) is 10.0. The molecule has 3 heteroatoms. The third-order valence-corrected chi connectivity index (χ3v) is 3.65. The molecule has 1 amide bonds. The highest BCUT2D eigenvalue weighted by atomic mass is 16.2. The largest absolute Gasteiger partial charge is 0.355 e. The SMILES string of the molecule is CC1(CNC(=O)C2CNC2)CCCC1. The summed E-state index contributed by atoms with van der Waals surface area (Å²) >= 11 is 0. The Bertz CT molecular complexity index is 217. The van der Waals surface area contributed by atoms with Crippen molar-refractivity contribution in [2.24, 2.45) is 11.3 Å². The monoisotopic (exact) mass is 196 g/mol. The van der Waals surface area contributed by atoms with Crippen molar-refractivity contribution in [2.45, 2.75) is 32.6 Å². The minimum absolute atomic E-state index is 0.236. The molecule has 2 N–H and O–H groups in total. The van der Waals surface area contributed by atoms with Crippen molar-refractivity contribution < 1.29 is 4.79 Å². The van der Waals surface area contributed by atoms with Gasteiger partial charge >= 0.3 is 0 Å². The Labute approximate surface area is 85.6 Å². The van der Waals surface area contributed by atoms with Gasteiger partial charge in [-0.05, 0) is 18.3 Å². The Hall–Kier alpha value is -0.570. The molecule has 3 nitrogen and oxygen atoms in total. The van der Waals surface area contributed by atoms with Crippen LogP contribution in [-0.2, 0) is 4.79 Å². The molecular weight excluding hydrogens is 176 g/mol. The first-order valence-corrected chi connectivity index (χ1v) is 5.68. The number of nitrogens with one attached hydrogen (secondary N) is 2. The van der Waals surface area contributed by atoms with Gasteiger partial charge in [0.25, 0.3) is 0 Å². The fraction of sp³-hybridized carbons (Fsp3) is 0.909. The lowest BCUT2D eigenvalue weighted by Crippen LogP contribution is -2.52. The summed E-state index contributed by atoms with van der Waals surface area (Å²) in [5.41, 5.74) is 0.382. The molecule has 0 atom stereocenters. The summed E-state index contributed by atoms with van der Waals surface area (Å²) in [5.74, 6) is 0.483. The Morgan fingerprint density at radius 3 is 2.57 bits per heavy atom. The first-order chi connectivity index (χ1) is 6.70. The van der Waals surface area contributed by atoms with Crippen molar-refractivity contribution in [3.63, 3.8) is 0 Å². The van der Waals surface area contributed by atoms with Crippen LogP contribution in [0.5, 0.6) is 0 Å². The van der Waals surface area contributed by atoms with E-state index in [0.717, 1.165) is 19.6 Å².